The van der Waals surface area contributed by atoms with Gasteiger partial charge in [-0.25, -0.2) is 4.98 Å². The normalized spacial score (nSPS) is 12.9. The van der Waals surface area contributed by atoms with Gasteiger partial charge in [0.05, 0.1) is 11.8 Å². The van der Waals surface area contributed by atoms with E-state index in [9.17, 15) is 9.90 Å². The van der Waals surface area contributed by atoms with E-state index in [4.69, 9.17) is 0 Å². The molecular weight excluding hydrogens is 268 g/mol. The van der Waals surface area contributed by atoms with Crippen LogP contribution in [0.15, 0.2) is 17.3 Å². The zero-order valence-electron chi connectivity index (χ0n) is 12.5. The van der Waals surface area contributed by atoms with Crippen molar-refractivity contribution in [3.8, 4) is 0 Å². The van der Waals surface area contributed by atoms with Gasteiger partial charge in [0, 0.05) is 24.9 Å². The topological polar surface area (TPSA) is 93.8 Å². The molecule has 0 aliphatic carbocycles. The lowest BCUT2D eigenvalue weighted by Gasteiger charge is -2.13. The first-order valence-corrected chi connectivity index (χ1v) is 7.61. The number of aliphatic hydroxyl groups excluding tert-OH is 1. The van der Waals surface area contributed by atoms with E-state index in [0.717, 1.165) is 30.5 Å². The average Bonchev–Trinajstić information content (AvgIpc) is 2.91. The largest absolute Gasteiger partial charge is 0.396 e. The quantitative estimate of drug-likeness (QED) is 0.527. The fourth-order valence-electron chi connectivity index (χ4n) is 2.49. The zero-order chi connectivity index (χ0) is 15.1. The molecule has 116 valence electrons. The number of aromatic amines is 2. The number of unbranched alkanes of at least 4 members (excludes halogenated alkanes) is 1. The highest BCUT2D eigenvalue weighted by molar-refractivity contribution is 5.77. The molecule has 4 N–H and O–H groups in total. The van der Waals surface area contributed by atoms with Crippen LogP contribution in [0, 0.1) is 5.92 Å². The Balaban J connectivity index is 1.82. The monoisotopic (exact) mass is 292 g/mol. The van der Waals surface area contributed by atoms with E-state index in [1.807, 2.05) is 6.20 Å². The number of rotatable bonds is 9. The van der Waals surface area contributed by atoms with Crippen LogP contribution in [-0.4, -0.2) is 33.2 Å². The summed E-state index contributed by atoms with van der Waals surface area (Å²) in [5, 5.41) is 12.7. The van der Waals surface area contributed by atoms with Gasteiger partial charge in [-0.1, -0.05) is 19.8 Å². The second kappa shape index (κ2) is 7.95. The molecule has 0 amide bonds. The summed E-state index contributed by atoms with van der Waals surface area (Å²) in [4.78, 5) is 21.3. The first-order valence-electron chi connectivity index (χ1n) is 7.61. The Labute approximate surface area is 124 Å². The molecule has 0 saturated heterocycles. The third-order valence-corrected chi connectivity index (χ3v) is 3.82. The number of aliphatic hydroxyl groups is 1. The predicted octanol–water partition coefficient (Wildman–Crippen LogP) is 1.53. The maximum Gasteiger partial charge on any atom is 0.275 e. The van der Waals surface area contributed by atoms with Gasteiger partial charge in [-0.05, 0) is 25.3 Å². The summed E-state index contributed by atoms with van der Waals surface area (Å²) in [6.07, 6.45) is 7.63. The number of fused-ring (bicyclic) bond motifs is 1. The van der Waals surface area contributed by atoms with Crippen molar-refractivity contribution in [2.45, 2.75) is 39.2 Å². The molecule has 21 heavy (non-hydrogen) atoms. The molecule has 0 aliphatic heterocycles. The predicted molar refractivity (Wildman–Crippen MR) is 83.1 cm³/mol. The van der Waals surface area contributed by atoms with Crippen molar-refractivity contribution < 1.29 is 5.11 Å². The zero-order valence-corrected chi connectivity index (χ0v) is 12.5. The molecule has 0 bridgehead atoms. The maximum atomic E-state index is 11.6. The summed E-state index contributed by atoms with van der Waals surface area (Å²) < 4.78 is 0. The lowest BCUT2D eigenvalue weighted by atomic mass is 9.99. The first kappa shape index (κ1) is 15.7. The third-order valence-electron chi connectivity index (χ3n) is 3.82. The summed E-state index contributed by atoms with van der Waals surface area (Å²) in [6.45, 7) is 3.94. The molecule has 1 atom stereocenters. The van der Waals surface area contributed by atoms with E-state index in [1.54, 1.807) is 0 Å². The molecule has 0 aliphatic rings. The van der Waals surface area contributed by atoms with E-state index < -0.39 is 0 Å². The molecule has 0 spiro atoms. The average molecular weight is 292 g/mol. The Kier molecular flexibility index (Phi) is 5.95. The van der Waals surface area contributed by atoms with Gasteiger partial charge in [0.1, 0.15) is 5.52 Å². The molecule has 0 aromatic carbocycles. The summed E-state index contributed by atoms with van der Waals surface area (Å²) in [7, 11) is 0. The second-order valence-electron chi connectivity index (χ2n) is 5.43. The summed E-state index contributed by atoms with van der Waals surface area (Å²) in [5.41, 5.74) is 2.08. The van der Waals surface area contributed by atoms with Crippen LogP contribution >= 0.6 is 0 Å². The number of H-pyrrole nitrogens is 2. The van der Waals surface area contributed by atoms with E-state index in [1.165, 1.54) is 19.2 Å². The second-order valence-corrected chi connectivity index (χ2v) is 5.43. The van der Waals surface area contributed by atoms with Gasteiger partial charge >= 0.3 is 0 Å². The van der Waals surface area contributed by atoms with Crippen LogP contribution in [0.25, 0.3) is 11.0 Å². The van der Waals surface area contributed by atoms with Crippen molar-refractivity contribution in [2.75, 3.05) is 13.2 Å². The van der Waals surface area contributed by atoms with Crippen molar-refractivity contribution in [2.24, 2.45) is 5.92 Å². The standard InChI is InChI=1S/C15H24N4O2/c1-2-3-4-11(9-20)5-6-16-7-12-8-17-14-13(12)18-10-19-15(14)21/h8,10-11,16-17,20H,2-7,9H2,1H3,(H,18,19,21). The van der Waals surface area contributed by atoms with E-state index in [-0.39, 0.29) is 12.2 Å². The van der Waals surface area contributed by atoms with E-state index >= 15 is 0 Å². The highest BCUT2D eigenvalue weighted by atomic mass is 16.3. The fourth-order valence-corrected chi connectivity index (χ4v) is 2.49. The van der Waals surface area contributed by atoms with Crippen LogP contribution in [0.3, 0.4) is 0 Å². The Morgan fingerprint density at radius 3 is 3.00 bits per heavy atom. The first-order chi connectivity index (χ1) is 10.3. The summed E-state index contributed by atoms with van der Waals surface area (Å²) >= 11 is 0. The molecule has 2 aromatic heterocycles. The Hall–Kier alpha value is -1.66. The van der Waals surface area contributed by atoms with Gasteiger partial charge < -0.3 is 20.4 Å². The van der Waals surface area contributed by atoms with Crippen molar-refractivity contribution in [1.29, 1.82) is 0 Å². The Morgan fingerprint density at radius 2 is 2.24 bits per heavy atom. The SMILES string of the molecule is CCCCC(CO)CCNCc1c[nH]c2c(=O)[nH]cnc12. The van der Waals surface area contributed by atoms with Crippen LogP contribution in [0.5, 0.6) is 0 Å². The minimum atomic E-state index is -0.147. The number of nitrogens with one attached hydrogen (secondary N) is 3. The molecule has 6 nitrogen and oxygen atoms in total. The van der Waals surface area contributed by atoms with Crippen molar-refractivity contribution in [1.82, 2.24) is 20.3 Å². The minimum Gasteiger partial charge on any atom is -0.396 e. The van der Waals surface area contributed by atoms with E-state index in [0.29, 0.717) is 18.0 Å². The molecule has 0 fully saturated rings. The lowest BCUT2D eigenvalue weighted by Crippen LogP contribution is -2.19. The molecular formula is C15H24N4O2. The number of hydrogen-bond acceptors (Lipinski definition) is 4. The van der Waals surface area contributed by atoms with Gasteiger partial charge in [0.15, 0.2) is 0 Å². The van der Waals surface area contributed by atoms with Gasteiger partial charge in [-0.3, -0.25) is 4.79 Å². The fraction of sp³-hybridized carbons (Fsp3) is 0.600. The minimum absolute atomic E-state index is 0.147. The van der Waals surface area contributed by atoms with Crippen LogP contribution < -0.4 is 10.9 Å². The molecule has 6 heteroatoms. The van der Waals surface area contributed by atoms with Crippen molar-refractivity contribution in [3.05, 3.63) is 28.4 Å². The van der Waals surface area contributed by atoms with Crippen LogP contribution in [0.2, 0.25) is 0 Å². The van der Waals surface area contributed by atoms with Crippen LogP contribution in [-0.2, 0) is 6.54 Å². The Bertz CT molecular complexity index is 605. The summed E-state index contributed by atoms with van der Waals surface area (Å²) in [6, 6.07) is 0. The van der Waals surface area contributed by atoms with Crippen molar-refractivity contribution in [3.63, 3.8) is 0 Å². The third kappa shape index (κ3) is 4.15. The number of hydrogen-bond donors (Lipinski definition) is 4. The molecule has 2 aromatic rings. The highest BCUT2D eigenvalue weighted by Crippen LogP contribution is 2.13. The number of aromatic nitrogens is 3. The van der Waals surface area contributed by atoms with Gasteiger partial charge in [0.25, 0.3) is 5.56 Å². The summed E-state index contributed by atoms with van der Waals surface area (Å²) in [5.74, 6) is 0.376. The maximum absolute atomic E-state index is 11.6. The number of nitrogens with zero attached hydrogens (tertiary/aromatic N) is 1. The van der Waals surface area contributed by atoms with Crippen LogP contribution in [0.1, 0.15) is 38.2 Å². The Morgan fingerprint density at radius 1 is 1.38 bits per heavy atom. The smallest absolute Gasteiger partial charge is 0.275 e. The van der Waals surface area contributed by atoms with Gasteiger partial charge in [-0.15, -0.1) is 0 Å². The highest BCUT2D eigenvalue weighted by Gasteiger charge is 2.09. The van der Waals surface area contributed by atoms with Crippen molar-refractivity contribution >= 4 is 11.0 Å². The molecule has 2 heterocycles. The lowest BCUT2D eigenvalue weighted by molar-refractivity contribution is 0.207. The molecule has 0 radical (unpaired) electrons. The molecule has 0 saturated carbocycles. The molecule has 1 unspecified atom stereocenters. The molecule has 2 rings (SSSR count). The van der Waals surface area contributed by atoms with Crippen LogP contribution in [0.4, 0.5) is 0 Å². The van der Waals surface area contributed by atoms with E-state index in [2.05, 4.69) is 27.2 Å². The van der Waals surface area contributed by atoms with Gasteiger partial charge in [-0.2, -0.15) is 0 Å². The van der Waals surface area contributed by atoms with Gasteiger partial charge in [0.2, 0.25) is 0 Å².